The van der Waals surface area contributed by atoms with Crippen LogP contribution < -0.4 is 0 Å². The first kappa shape index (κ1) is 10.5. The molecule has 0 aromatic rings. The van der Waals surface area contributed by atoms with E-state index in [0.717, 1.165) is 0 Å². The number of alkyl halides is 6. The monoisotopic (exact) mass is 182 g/mol. The Morgan fingerprint density at radius 1 is 1.09 bits per heavy atom. The van der Waals surface area contributed by atoms with Crippen LogP contribution in [0.15, 0.2) is 0 Å². The minimum Gasteiger partial charge on any atom is -0.379 e. The molecule has 0 saturated heterocycles. The molecule has 0 spiro atoms. The third kappa shape index (κ3) is 2.57. The van der Waals surface area contributed by atoms with Gasteiger partial charge in [0.05, 0.1) is 0 Å². The fraction of sp³-hybridized carbons (Fsp3) is 1.00. The van der Waals surface area contributed by atoms with Gasteiger partial charge in [0.25, 0.3) is 0 Å². The molecule has 0 radical (unpaired) electrons. The van der Waals surface area contributed by atoms with Gasteiger partial charge < -0.3 is 5.11 Å². The van der Waals surface area contributed by atoms with Crippen molar-refractivity contribution in [3.63, 3.8) is 0 Å². The van der Waals surface area contributed by atoms with E-state index in [-0.39, 0.29) is 0 Å². The Balaban J connectivity index is 4.35. The first-order chi connectivity index (χ1) is 4.72. The number of hydrogen-bond acceptors (Lipinski definition) is 1. The molecule has 0 heterocycles. The maximum Gasteiger partial charge on any atom is 0.420 e. The summed E-state index contributed by atoms with van der Waals surface area (Å²) in [6.07, 6.45) is -9.42. The average molecular weight is 182 g/mol. The molecule has 0 aliphatic rings. The van der Waals surface area contributed by atoms with E-state index in [1.807, 2.05) is 0 Å². The van der Waals surface area contributed by atoms with Crippen molar-refractivity contribution in [2.45, 2.75) is 18.2 Å². The van der Waals surface area contributed by atoms with Crippen molar-refractivity contribution in [1.29, 1.82) is 0 Å². The van der Waals surface area contributed by atoms with Crippen LogP contribution in [0.3, 0.4) is 0 Å². The molecule has 0 aromatic carbocycles. The summed E-state index contributed by atoms with van der Waals surface area (Å²) in [6.45, 7) is -2.53. The van der Waals surface area contributed by atoms with Gasteiger partial charge in [0, 0.05) is 0 Å². The van der Waals surface area contributed by atoms with Crippen molar-refractivity contribution in [3.8, 4) is 0 Å². The van der Waals surface area contributed by atoms with E-state index in [0.29, 0.717) is 0 Å². The molecule has 0 aliphatic heterocycles. The van der Waals surface area contributed by atoms with Crippen molar-refractivity contribution in [3.05, 3.63) is 0 Å². The van der Waals surface area contributed by atoms with E-state index in [1.165, 1.54) is 0 Å². The van der Waals surface area contributed by atoms with Gasteiger partial charge in [0.1, 0.15) is 0 Å². The highest BCUT2D eigenvalue weighted by atomic mass is 19.4. The molecule has 0 rings (SSSR count). The Labute approximate surface area is 57.6 Å². The van der Waals surface area contributed by atoms with Crippen molar-refractivity contribution in [2.75, 3.05) is 6.67 Å². The zero-order valence-electron chi connectivity index (χ0n) is 5.00. The van der Waals surface area contributed by atoms with Crippen molar-refractivity contribution in [2.24, 2.45) is 0 Å². The fourth-order valence-electron chi connectivity index (χ4n) is 0.313. The molecule has 0 bridgehead atoms. The van der Waals surface area contributed by atoms with Gasteiger partial charge in [-0.2, -0.15) is 13.2 Å². The molecule has 0 aromatic heterocycles. The largest absolute Gasteiger partial charge is 0.420 e. The number of halogens is 6. The highest BCUT2D eigenvalue weighted by Gasteiger charge is 2.55. The topological polar surface area (TPSA) is 20.2 Å². The second-order valence-corrected chi connectivity index (χ2v) is 1.84. The third-order valence-corrected chi connectivity index (χ3v) is 0.888. The molecule has 1 unspecified atom stereocenters. The maximum absolute atomic E-state index is 11.7. The molecule has 0 fully saturated rings. The SMILES string of the molecule is OC(C(F)(F)F)C(F)(F)CF. The van der Waals surface area contributed by atoms with Crippen molar-refractivity contribution in [1.82, 2.24) is 0 Å². The van der Waals surface area contributed by atoms with Gasteiger partial charge in [0.15, 0.2) is 6.67 Å². The van der Waals surface area contributed by atoms with E-state index in [9.17, 15) is 26.3 Å². The van der Waals surface area contributed by atoms with Gasteiger partial charge in [-0.05, 0) is 0 Å². The van der Waals surface area contributed by atoms with Crippen LogP contribution in [0.2, 0.25) is 0 Å². The Bertz CT molecular complexity index is 129. The lowest BCUT2D eigenvalue weighted by molar-refractivity contribution is -0.272. The van der Waals surface area contributed by atoms with Gasteiger partial charge in [-0.15, -0.1) is 0 Å². The molecule has 7 heteroatoms. The second-order valence-electron chi connectivity index (χ2n) is 1.84. The van der Waals surface area contributed by atoms with Gasteiger partial charge in [0.2, 0.25) is 6.10 Å². The number of hydrogen-bond donors (Lipinski definition) is 1. The predicted molar refractivity (Wildman–Crippen MR) is 23.0 cm³/mol. The summed E-state index contributed by atoms with van der Waals surface area (Å²) in [6, 6.07) is 0. The number of aliphatic hydroxyl groups excluding tert-OH is 1. The fourth-order valence-corrected chi connectivity index (χ4v) is 0.313. The quantitative estimate of drug-likeness (QED) is 0.642. The van der Waals surface area contributed by atoms with Crippen molar-refractivity contribution < 1.29 is 31.4 Å². The van der Waals surface area contributed by atoms with Crippen LogP contribution in [0.5, 0.6) is 0 Å². The van der Waals surface area contributed by atoms with Crippen molar-refractivity contribution >= 4 is 0 Å². The Kier molecular flexibility index (Phi) is 2.76. The second kappa shape index (κ2) is 2.88. The van der Waals surface area contributed by atoms with Gasteiger partial charge in [-0.1, -0.05) is 0 Å². The molecule has 11 heavy (non-hydrogen) atoms. The molecule has 1 N–H and O–H groups in total. The lowest BCUT2D eigenvalue weighted by Crippen LogP contribution is -2.46. The van der Waals surface area contributed by atoms with E-state index in [1.54, 1.807) is 0 Å². The minimum atomic E-state index is -5.49. The highest BCUT2D eigenvalue weighted by Crippen LogP contribution is 2.32. The summed E-state index contributed by atoms with van der Waals surface area (Å²) in [4.78, 5) is 0. The summed E-state index contributed by atoms with van der Waals surface area (Å²) in [5.41, 5.74) is 0. The summed E-state index contributed by atoms with van der Waals surface area (Å²) in [7, 11) is 0. The van der Waals surface area contributed by atoms with Gasteiger partial charge >= 0.3 is 12.1 Å². The van der Waals surface area contributed by atoms with Gasteiger partial charge in [-0.25, -0.2) is 13.2 Å². The average Bonchev–Trinajstić information content (AvgIpc) is 1.84. The maximum atomic E-state index is 11.7. The Morgan fingerprint density at radius 2 is 1.45 bits per heavy atom. The minimum absolute atomic E-state index is 2.53. The van der Waals surface area contributed by atoms with Crippen LogP contribution in [-0.2, 0) is 0 Å². The van der Waals surface area contributed by atoms with E-state index in [4.69, 9.17) is 5.11 Å². The smallest absolute Gasteiger partial charge is 0.379 e. The zero-order chi connectivity index (χ0) is 9.28. The first-order valence-electron chi connectivity index (χ1n) is 2.40. The molecular weight excluding hydrogens is 178 g/mol. The summed E-state index contributed by atoms with van der Waals surface area (Å²) in [5, 5.41) is 7.80. The summed E-state index contributed by atoms with van der Waals surface area (Å²) in [5.74, 6) is -4.75. The molecule has 0 saturated carbocycles. The normalized spacial score (nSPS) is 16.6. The zero-order valence-corrected chi connectivity index (χ0v) is 5.00. The van der Waals surface area contributed by atoms with Gasteiger partial charge in [-0.3, -0.25) is 0 Å². The summed E-state index contributed by atoms with van der Waals surface area (Å²) >= 11 is 0. The van der Waals surface area contributed by atoms with Crippen LogP contribution >= 0.6 is 0 Å². The highest BCUT2D eigenvalue weighted by molar-refractivity contribution is 4.81. The Morgan fingerprint density at radius 3 is 1.55 bits per heavy atom. The van der Waals surface area contributed by atoms with E-state index < -0.39 is 24.9 Å². The Hall–Kier alpha value is -0.460. The number of aliphatic hydroxyl groups is 1. The van der Waals surface area contributed by atoms with Crippen LogP contribution in [0.25, 0.3) is 0 Å². The van der Waals surface area contributed by atoms with Crippen LogP contribution in [0, 0.1) is 0 Å². The molecule has 1 atom stereocenters. The molecule has 68 valence electrons. The lowest BCUT2D eigenvalue weighted by Gasteiger charge is -2.21. The van der Waals surface area contributed by atoms with Crippen LogP contribution in [0.4, 0.5) is 26.3 Å². The standard InChI is InChI=1S/C4H4F6O/c5-1-3(6,7)2(11)4(8,9)10/h2,11H,1H2. The number of rotatable bonds is 2. The summed E-state index contributed by atoms with van der Waals surface area (Å²) < 4.78 is 68.2. The molecule has 1 nitrogen and oxygen atoms in total. The van der Waals surface area contributed by atoms with E-state index >= 15 is 0 Å². The predicted octanol–water partition coefficient (Wildman–Crippen LogP) is 1.51. The van der Waals surface area contributed by atoms with E-state index in [2.05, 4.69) is 0 Å². The van der Waals surface area contributed by atoms with Crippen LogP contribution in [-0.4, -0.2) is 30.0 Å². The third-order valence-electron chi connectivity index (χ3n) is 0.888. The molecule has 0 amide bonds. The molecular formula is C4H4F6O. The first-order valence-corrected chi connectivity index (χ1v) is 2.40. The lowest BCUT2D eigenvalue weighted by atomic mass is 10.2. The van der Waals surface area contributed by atoms with Crippen LogP contribution in [0.1, 0.15) is 0 Å². The molecule has 0 aliphatic carbocycles.